The van der Waals surface area contributed by atoms with E-state index in [0.717, 1.165) is 6.07 Å². The van der Waals surface area contributed by atoms with Gasteiger partial charge in [-0.25, -0.2) is 4.98 Å². The number of benzene rings is 1. The van der Waals surface area contributed by atoms with Crippen molar-refractivity contribution in [2.75, 3.05) is 0 Å². The van der Waals surface area contributed by atoms with Crippen LogP contribution in [0.15, 0.2) is 35.1 Å². The van der Waals surface area contributed by atoms with E-state index >= 15 is 0 Å². The second-order valence-electron chi connectivity index (χ2n) is 4.86. The van der Waals surface area contributed by atoms with Crippen molar-refractivity contribution in [1.29, 1.82) is 0 Å². The van der Waals surface area contributed by atoms with Gasteiger partial charge in [-0.2, -0.15) is 8.78 Å². The first-order valence-electron chi connectivity index (χ1n) is 6.79. The molecule has 2 aromatic rings. The van der Waals surface area contributed by atoms with E-state index in [4.69, 9.17) is 0 Å². The number of hydrogen-bond donors (Lipinski definition) is 2. The van der Waals surface area contributed by atoms with Gasteiger partial charge in [0.05, 0.1) is 6.04 Å². The second kappa shape index (κ2) is 6.99. The van der Waals surface area contributed by atoms with Gasteiger partial charge in [0.1, 0.15) is 17.3 Å². The number of H-pyrrole nitrogens is 1. The van der Waals surface area contributed by atoms with Crippen molar-refractivity contribution < 1.29 is 18.3 Å². The van der Waals surface area contributed by atoms with Crippen LogP contribution in [0.4, 0.5) is 8.78 Å². The van der Waals surface area contributed by atoms with E-state index in [2.05, 4.69) is 20.0 Å². The number of aromatic amines is 1. The highest BCUT2D eigenvalue weighted by molar-refractivity contribution is 5.92. The SMILES string of the molecule is Cc1nc(C(=O)NC(C)c2ccc(OC(F)F)cc2)cc(=O)[nH]1. The summed E-state index contributed by atoms with van der Waals surface area (Å²) in [5.74, 6) is -0.127. The number of alkyl halides is 2. The Morgan fingerprint density at radius 2 is 1.96 bits per heavy atom. The van der Waals surface area contributed by atoms with Crippen molar-refractivity contribution in [1.82, 2.24) is 15.3 Å². The van der Waals surface area contributed by atoms with Crippen LogP contribution in [0.1, 0.15) is 34.8 Å². The molecule has 23 heavy (non-hydrogen) atoms. The molecule has 1 aromatic carbocycles. The average molecular weight is 323 g/mol. The molecule has 1 atom stereocenters. The minimum atomic E-state index is -2.89. The van der Waals surface area contributed by atoms with Crippen LogP contribution < -0.4 is 15.6 Å². The number of halogens is 2. The summed E-state index contributed by atoms with van der Waals surface area (Å²) >= 11 is 0. The maximum absolute atomic E-state index is 12.1. The molecule has 6 nitrogen and oxygen atoms in total. The van der Waals surface area contributed by atoms with Gasteiger partial charge >= 0.3 is 6.61 Å². The number of hydrogen-bond acceptors (Lipinski definition) is 4. The Morgan fingerprint density at radius 1 is 1.30 bits per heavy atom. The van der Waals surface area contributed by atoms with Crippen LogP contribution in [-0.4, -0.2) is 22.5 Å². The topological polar surface area (TPSA) is 84.1 Å². The minimum Gasteiger partial charge on any atom is -0.435 e. The average Bonchev–Trinajstić information content (AvgIpc) is 2.46. The van der Waals surface area contributed by atoms with Crippen molar-refractivity contribution in [3.63, 3.8) is 0 Å². The molecule has 0 radical (unpaired) electrons. The molecule has 1 unspecified atom stereocenters. The predicted molar refractivity (Wildman–Crippen MR) is 78.5 cm³/mol. The zero-order valence-electron chi connectivity index (χ0n) is 12.5. The summed E-state index contributed by atoms with van der Waals surface area (Å²) < 4.78 is 28.4. The van der Waals surface area contributed by atoms with Gasteiger partial charge in [0, 0.05) is 6.07 Å². The number of rotatable bonds is 5. The largest absolute Gasteiger partial charge is 0.435 e. The molecular formula is C15H15F2N3O3. The number of amides is 1. The van der Waals surface area contributed by atoms with Gasteiger partial charge in [-0.15, -0.1) is 0 Å². The number of nitrogens with zero attached hydrogens (tertiary/aromatic N) is 1. The first kappa shape index (κ1) is 16.6. The summed E-state index contributed by atoms with van der Waals surface area (Å²) in [6.45, 7) is 0.410. The number of ether oxygens (including phenoxy) is 1. The summed E-state index contributed by atoms with van der Waals surface area (Å²) in [7, 11) is 0. The quantitative estimate of drug-likeness (QED) is 0.883. The first-order valence-corrected chi connectivity index (χ1v) is 6.79. The zero-order chi connectivity index (χ0) is 17.0. The van der Waals surface area contributed by atoms with Crippen molar-refractivity contribution in [2.24, 2.45) is 0 Å². The van der Waals surface area contributed by atoms with Crippen molar-refractivity contribution >= 4 is 5.91 Å². The summed E-state index contributed by atoms with van der Waals surface area (Å²) in [4.78, 5) is 29.8. The molecule has 0 spiro atoms. The van der Waals surface area contributed by atoms with Gasteiger partial charge < -0.3 is 15.0 Å². The van der Waals surface area contributed by atoms with Crippen LogP contribution in [0.2, 0.25) is 0 Å². The maximum atomic E-state index is 12.1. The first-order chi connectivity index (χ1) is 10.8. The van der Waals surface area contributed by atoms with Gasteiger partial charge in [0.2, 0.25) is 0 Å². The van der Waals surface area contributed by atoms with Gasteiger partial charge in [0.25, 0.3) is 11.5 Å². The Morgan fingerprint density at radius 3 is 2.52 bits per heavy atom. The number of nitrogens with one attached hydrogen (secondary N) is 2. The van der Waals surface area contributed by atoms with E-state index < -0.39 is 24.1 Å². The van der Waals surface area contributed by atoms with Crippen LogP contribution >= 0.6 is 0 Å². The number of aryl methyl sites for hydroxylation is 1. The second-order valence-corrected chi connectivity index (χ2v) is 4.86. The lowest BCUT2D eigenvalue weighted by atomic mass is 10.1. The van der Waals surface area contributed by atoms with Crippen molar-refractivity contribution in [3.05, 3.63) is 57.8 Å². The highest BCUT2D eigenvalue weighted by atomic mass is 19.3. The smallest absolute Gasteiger partial charge is 0.387 e. The lowest BCUT2D eigenvalue weighted by molar-refractivity contribution is -0.0498. The van der Waals surface area contributed by atoms with Gasteiger partial charge in [-0.1, -0.05) is 12.1 Å². The molecule has 8 heteroatoms. The minimum absolute atomic E-state index is 0.00996. The molecule has 0 aliphatic carbocycles. The van der Waals surface area contributed by atoms with Crippen LogP contribution in [0.5, 0.6) is 5.75 Å². The third kappa shape index (κ3) is 4.60. The molecule has 1 aromatic heterocycles. The molecule has 1 amide bonds. The van der Waals surface area contributed by atoms with Crippen LogP contribution in [0, 0.1) is 6.92 Å². The number of carbonyl (C=O) groups is 1. The van der Waals surface area contributed by atoms with E-state index in [1.165, 1.54) is 12.1 Å². The van der Waals surface area contributed by atoms with E-state index in [1.807, 2.05) is 0 Å². The Bertz CT molecular complexity index is 744. The molecule has 0 fully saturated rings. The van der Waals surface area contributed by atoms with Crippen molar-refractivity contribution in [3.8, 4) is 5.75 Å². The highest BCUT2D eigenvalue weighted by Gasteiger charge is 2.14. The summed E-state index contributed by atoms with van der Waals surface area (Å²) in [6.07, 6.45) is 0. The fourth-order valence-corrected chi connectivity index (χ4v) is 1.99. The standard InChI is InChI=1S/C15H15F2N3O3/c1-8(10-3-5-11(6-4-10)23-15(16)17)18-14(22)12-7-13(21)20-9(2)19-12/h3-8,15H,1-2H3,(H,18,22)(H,19,20,21). The van der Waals surface area contributed by atoms with Gasteiger partial charge in [-0.3, -0.25) is 9.59 Å². The molecule has 0 saturated carbocycles. The van der Waals surface area contributed by atoms with Gasteiger partial charge in [0.15, 0.2) is 0 Å². The van der Waals surface area contributed by atoms with Crippen LogP contribution in [-0.2, 0) is 0 Å². The molecule has 0 aliphatic rings. The summed E-state index contributed by atoms with van der Waals surface area (Å²) in [5, 5.41) is 2.68. The summed E-state index contributed by atoms with van der Waals surface area (Å²) in [5.41, 5.74) is 0.293. The Hall–Kier alpha value is -2.77. The molecule has 0 saturated heterocycles. The highest BCUT2D eigenvalue weighted by Crippen LogP contribution is 2.19. The lowest BCUT2D eigenvalue weighted by Gasteiger charge is -2.14. The third-order valence-corrected chi connectivity index (χ3v) is 3.05. The molecule has 0 aliphatic heterocycles. The monoisotopic (exact) mass is 323 g/mol. The van der Waals surface area contributed by atoms with Crippen LogP contribution in [0.25, 0.3) is 0 Å². The fourth-order valence-electron chi connectivity index (χ4n) is 1.99. The molecule has 0 bridgehead atoms. The predicted octanol–water partition coefficient (Wildman–Crippen LogP) is 2.17. The maximum Gasteiger partial charge on any atom is 0.387 e. The van der Waals surface area contributed by atoms with E-state index in [9.17, 15) is 18.4 Å². The fraction of sp³-hybridized carbons (Fsp3) is 0.267. The number of carbonyl (C=O) groups excluding carboxylic acids is 1. The van der Waals surface area contributed by atoms with E-state index in [0.29, 0.717) is 11.4 Å². The number of aromatic nitrogens is 2. The molecule has 2 N–H and O–H groups in total. The molecule has 2 rings (SSSR count). The van der Waals surface area contributed by atoms with E-state index in [-0.39, 0.29) is 11.4 Å². The van der Waals surface area contributed by atoms with E-state index in [1.54, 1.807) is 26.0 Å². The van der Waals surface area contributed by atoms with Crippen molar-refractivity contribution in [2.45, 2.75) is 26.5 Å². The Labute approximate surface area is 130 Å². The van der Waals surface area contributed by atoms with Crippen LogP contribution in [0.3, 0.4) is 0 Å². The molecular weight excluding hydrogens is 308 g/mol. The molecule has 122 valence electrons. The Balaban J connectivity index is 2.07. The van der Waals surface area contributed by atoms with Gasteiger partial charge in [-0.05, 0) is 31.5 Å². The third-order valence-electron chi connectivity index (χ3n) is 3.05. The zero-order valence-corrected chi connectivity index (χ0v) is 12.5. The molecule has 1 heterocycles. The summed E-state index contributed by atoms with van der Waals surface area (Å²) in [6, 6.07) is 6.62. The lowest BCUT2D eigenvalue weighted by Crippen LogP contribution is -2.29. The normalized spacial score (nSPS) is 12.0. The Kier molecular flexibility index (Phi) is 5.05.